The maximum atomic E-state index is 10.6. The van der Waals surface area contributed by atoms with E-state index in [1.54, 1.807) is 0 Å². The van der Waals surface area contributed by atoms with Crippen molar-refractivity contribution in [3.8, 4) is 0 Å². The summed E-state index contributed by atoms with van der Waals surface area (Å²) in [4.78, 5) is 12.6. The number of hydrogen-bond donors (Lipinski definition) is 2. The maximum Gasteiger partial charge on any atom is 0.231 e. The molecular weight excluding hydrogens is 180 g/mol. The summed E-state index contributed by atoms with van der Waals surface area (Å²) in [6.45, 7) is 7.38. The number of likely N-dealkylation sites (tertiary alicyclic amines) is 1. The minimum Gasteiger partial charge on any atom is -0.395 e. The Balaban J connectivity index is 0.000000791. The Bertz CT molecular complexity index is 174. The summed E-state index contributed by atoms with van der Waals surface area (Å²) in [7, 11) is 0. The van der Waals surface area contributed by atoms with Crippen molar-refractivity contribution in [2.75, 3.05) is 19.7 Å². The van der Waals surface area contributed by atoms with Crippen molar-refractivity contribution >= 4 is 5.91 Å². The van der Waals surface area contributed by atoms with E-state index in [0.29, 0.717) is 5.92 Å². The molecule has 14 heavy (non-hydrogen) atoms. The molecule has 0 spiro atoms. The number of amides is 1. The number of rotatable bonds is 3. The Morgan fingerprint density at radius 1 is 1.57 bits per heavy atom. The van der Waals surface area contributed by atoms with E-state index in [1.807, 2.05) is 18.7 Å². The standard InChI is InChI=1S/C8H16N2O2.C2H6/c1-6-2-7(5-11)10(3-6)4-8(9)12;1-2/h6-7,11H,2-5H2,1H3,(H2,9,12);1-2H3. The second-order valence-electron chi connectivity index (χ2n) is 3.57. The Morgan fingerprint density at radius 3 is 2.57 bits per heavy atom. The van der Waals surface area contributed by atoms with E-state index in [0.717, 1.165) is 13.0 Å². The molecule has 0 aromatic rings. The van der Waals surface area contributed by atoms with Crippen LogP contribution in [0.4, 0.5) is 0 Å². The summed E-state index contributed by atoms with van der Waals surface area (Å²) >= 11 is 0. The van der Waals surface area contributed by atoms with Crippen LogP contribution in [-0.2, 0) is 4.79 Å². The van der Waals surface area contributed by atoms with Crippen LogP contribution >= 0.6 is 0 Å². The molecule has 1 amide bonds. The van der Waals surface area contributed by atoms with Crippen molar-refractivity contribution in [1.29, 1.82) is 0 Å². The van der Waals surface area contributed by atoms with E-state index in [2.05, 4.69) is 6.92 Å². The minimum absolute atomic E-state index is 0.123. The highest BCUT2D eigenvalue weighted by atomic mass is 16.3. The van der Waals surface area contributed by atoms with E-state index in [1.165, 1.54) is 0 Å². The lowest BCUT2D eigenvalue weighted by molar-refractivity contribution is -0.119. The van der Waals surface area contributed by atoms with E-state index in [9.17, 15) is 4.79 Å². The van der Waals surface area contributed by atoms with Crippen LogP contribution in [0.25, 0.3) is 0 Å². The number of carbonyl (C=O) groups excluding carboxylic acids is 1. The highest BCUT2D eigenvalue weighted by molar-refractivity contribution is 5.76. The fraction of sp³-hybridized carbons (Fsp3) is 0.900. The molecule has 4 nitrogen and oxygen atoms in total. The fourth-order valence-electron chi connectivity index (χ4n) is 1.82. The zero-order valence-corrected chi connectivity index (χ0v) is 9.36. The molecule has 0 aromatic heterocycles. The monoisotopic (exact) mass is 202 g/mol. The summed E-state index contributed by atoms with van der Waals surface area (Å²) in [5, 5.41) is 8.97. The van der Waals surface area contributed by atoms with Gasteiger partial charge in [0.2, 0.25) is 5.91 Å². The zero-order valence-electron chi connectivity index (χ0n) is 9.36. The van der Waals surface area contributed by atoms with Gasteiger partial charge in [-0.25, -0.2) is 0 Å². The van der Waals surface area contributed by atoms with Gasteiger partial charge in [-0.2, -0.15) is 0 Å². The smallest absolute Gasteiger partial charge is 0.231 e. The van der Waals surface area contributed by atoms with Crippen LogP contribution in [0, 0.1) is 5.92 Å². The predicted octanol–water partition coefficient (Wildman–Crippen LogP) is 0.201. The molecule has 0 aromatic carbocycles. The van der Waals surface area contributed by atoms with Gasteiger partial charge >= 0.3 is 0 Å². The fourth-order valence-corrected chi connectivity index (χ4v) is 1.82. The summed E-state index contributed by atoms with van der Waals surface area (Å²) in [6, 6.07) is 0.132. The zero-order chi connectivity index (χ0) is 11.1. The van der Waals surface area contributed by atoms with Crippen LogP contribution in [0.15, 0.2) is 0 Å². The number of aliphatic hydroxyl groups is 1. The molecule has 0 aliphatic carbocycles. The minimum atomic E-state index is -0.317. The first-order valence-electron chi connectivity index (χ1n) is 5.26. The summed E-state index contributed by atoms with van der Waals surface area (Å²) in [6.07, 6.45) is 0.962. The van der Waals surface area contributed by atoms with Crippen LogP contribution in [0.1, 0.15) is 27.2 Å². The first-order valence-corrected chi connectivity index (χ1v) is 5.26. The molecular formula is C10H22N2O2. The third kappa shape index (κ3) is 4.07. The second-order valence-corrected chi connectivity index (χ2v) is 3.57. The van der Waals surface area contributed by atoms with Gasteiger partial charge in [0.25, 0.3) is 0 Å². The molecule has 1 aliphatic rings. The van der Waals surface area contributed by atoms with E-state index in [-0.39, 0.29) is 25.1 Å². The van der Waals surface area contributed by atoms with Gasteiger partial charge in [-0.15, -0.1) is 0 Å². The summed E-state index contributed by atoms with van der Waals surface area (Å²) in [5.74, 6) is 0.240. The molecule has 1 aliphatic heterocycles. The van der Waals surface area contributed by atoms with Gasteiger partial charge < -0.3 is 10.8 Å². The van der Waals surface area contributed by atoms with Gasteiger partial charge in [-0.1, -0.05) is 20.8 Å². The quantitative estimate of drug-likeness (QED) is 0.687. The van der Waals surface area contributed by atoms with Gasteiger partial charge in [0, 0.05) is 12.6 Å². The van der Waals surface area contributed by atoms with Crippen LogP contribution in [0.5, 0.6) is 0 Å². The van der Waals surface area contributed by atoms with E-state index < -0.39 is 0 Å². The van der Waals surface area contributed by atoms with Crippen LogP contribution < -0.4 is 5.73 Å². The van der Waals surface area contributed by atoms with E-state index in [4.69, 9.17) is 10.8 Å². The molecule has 4 heteroatoms. The Morgan fingerprint density at radius 2 is 2.14 bits per heavy atom. The number of aliphatic hydroxyl groups excluding tert-OH is 1. The molecule has 0 saturated carbocycles. The molecule has 1 fully saturated rings. The van der Waals surface area contributed by atoms with Gasteiger partial charge in [0.05, 0.1) is 13.2 Å². The van der Waals surface area contributed by atoms with Crippen molar-refractivity contribution in [1.82, 2.24) is 4.90 Å². The highest BCUT2D eigenvalue weighted by Crippen LogP contribution is 2.21. The average Bonchev–Trinajstić information content (AvgIpc) is 2.48. The molecule has 0 radical (unpaired) electrons. The van der Waals surface area contributed by atoms with Crippen molar-refractivity contribution in [2.24, 2.45) is 11.7 Å². The lowest BCUT2D eigenvalue weighted by Gasteiger charge is -2.20. The van der Waals surface area contributed by atoms with Crippen molar-refractivity contribution < 1.29 is 9.90 Å². The normalized spacial score (nSPS) is 26.9. The molecule has 1 rings (SSSR count). The molecule has 1 heterocycles. The summed E-state index contributed by atoms with van der Waals surface area (Å²) in [5.41, 5.74) is 5.07. The largest absolute Gasteiger partial charge is 0.395 e. The average molecular weight is 202 g/mol. The lowest BCUT2D eigenvalue weighted by atomic mass is 10.1. The molecule has 2 unspecified atom stereocenters. The SMILES string of the molecule is CC.CC1CC(CO)N(CC(N)=O)C1. The van der Waals surface area contributed by atoms with Gasteiger partial charge in [-0.3, -0.25) is 9.69 Å². The van der Waals surface area contributed by atoms with Gasteiger partial charge in [-0.05, 0) is 12.3 Å². The van der Waals surface area contributed by atoms with Crippen molar-refractivity contribution in [3.05, 3.63) is 0 Å². The Labute approximate surface area is 86.1 Å². The number of hydrogen-bond acceptors (Lipinski definition) is 3. The third-order valence-corrected chi connectivity index (χ3v) is 2.31. The maximum absolute atomic E-state index is 10.6. The first-order chi connectivity index (χ1) is 6.63. The van der Waals surface area contributed by atoms with Crippen molar-refractivity contribution in [2.45, 2.75) is 33.2 Å². The van der Waals surface area contributed by atoms with Gasteiger partial charge in [0.15, 0.2) is 0 Å². The predicted molar refractivity (Wildman–Crippen MR) is 56.8 cm³/mol. The Hall–Kier alpha value is -0.610. The van der Waals surface area contributed by atoms with Crippen LogP contribution in [0.2, 0.25) is 0 Å². The molecule has 3 N–H and O–H groups in total. The molecule has 84 valence electrons. The molecule has 1 saturated heterocycles. The summed E-state index contributed by atoms with van der Waals surface area (Å²) < 4.78 is 0. The Kier molecular flexibility index (Phi) is 6.49. The van der Waals surface area contributed by atoms with Gasteiger partial charge in [0.1, 0.15) is 0 Å². The second kappa shape index (κ2) is 6.79. The highest BCUT2D eigenvalue weighted by Gasteiger charge is 2.29. The molecule has 2 atom stereocenters. The number of primary amides is 1. The topological polar surface area (TPSA) is 66.6 Å². The van der Waals surface area contributed by atoms with Crippen molar-refractivity contribution in [3.63, 3.8) is 0 Å². The number of nitrogens with two attached hydrogens (primary N) is 1. The van der Waals surface area contributed by atoms with Crippen LogP contribution in [0.3, 0.4) is 0 Å². The van der Waals surface area contributed by atoms with E-state index >= 15 is 0 Å². The number of nitrogens with zero attached hydrogens (tertiary/aromatic N) is 1. The first kappa shape index (κ1) is 13.4. The van der Waals surface area contributed by atoms with Crippen LogP contribution in [-0.4, -0.2) is 41.7 Å². The number of carbonyl (C=O) groups is 1. The third-order valence-electron chi connectivity index (χ3n) is 2.31. The lowest BCUT2D eigenvalue weighted by Crippen LogP contribution is -2.39. The molecule has 0 bridgehead atoms.